The van der Waals surface area contributed by atoms with E-state index >= 15 is 0 Å². The molecule has 3 rings (SSSR count). The number of carbonyl (C=O) groups is 2. The summed E-state index contributed by atoms with van der Waals surface area (Å²) >= 11 is 0. The Hall–Kier alpha value is -2.34. The first kappa shape index (κ1) is 25.3. The van der Waals surface area contributed by atoms with Crippen molar-refractivity contribution in [1.82, 2.24) is 9.47 Å². The Kier molecular flexibility index (Phi) is 7.57. The van der Waals surface area contributed by atoms with Gasteiger partial charge >= 0.3 is 6.09 Å². The zero-order chi connectivity index (χ0) is 24.4. The van der Waals surface area contributed by atoms with Gasteiger partial charge in [-0.2, -0.15) is 0 Å². The van der Waals surface area contributed by atoms with Crippen LogP contribution in [0, 0.1) is 11.3 Å². The van der Waals surface area contributed by atoms with Crippen LogP contribution in [0.3, 0.4) is 0 Å². The third-order valence-corrected chi connectivity index (χ3v) is 6.97. The van der Waals surface area contributed by atoms with Crippen molar-refractivity contribution in [2.45, 2.75) is 79.8 Å². The minimum Gasteiger partial charge on any atom is -0.443 e. The third-order valence-electron chi connectivity index (χ3n) is 6.97. The number of hydrogen-bond donors (Lipinski definition) is 1. The fourth-order valence-corrected chi connectivity index (χ4v) is 4.89. The molecule has 2 heterocycles. The van der Waals surface area contributed by atoms with E-state index in [1.807, 2.05) is 26.8 Å². The van der Waals surface area contributed by atoms with Gasteiger partial charge in [-0.1, -0.05) is 26.8 Å². The number of benzene rings is 1. The minimum absolute atomic E-state index is 0.164. The molecule has 1 fully saturated rings. The van der Waals surface area contributed by atoms with Crippen LogP contribution >= 0.6 is 0 Å². The lowest BCUT2D eigenvalue weighted by Gasteiger charge is -2.40. The molecular formula is C27H41N3O3. The van der Waals surface area contributed by atoms with Gasteiger partial charge in [-0.05, 0) is 95.1 Å². The first-order chi connectivity index (χ1) is 15.4. The Balaban J connectivity index is 1.80. The van der Waals surface area contributed by atoms with Crippen LogP contribution in [0.1, 0.15) is 73.3 Å². The Labute approximate surface area is 198 Å². The lowest BCUT2D eigenvalue weighted by Crippen LogP contribution is -2.38. The van der Waals surface area contributed by atoms with E-state index in [-0.39, 0.29) is 11.3 Å². The van der Waals surface area contributed by atoms with Crippen molar-refractivity contribution in [1.29, 1.82) is 0 Å². The normalized spacial score (nSPS) is 16.2. The van der Waals surface area contributed by atoms with Crippen LogP contribution in [0.5, 0.6) is 0 Å². The summed E-state index contributed by atoms with van der Waals surface area (Å²) in [4.78, 5) is 27.1. The number of fused-ring (bicyclic) bond motifs is 1. The van der Waals surface area contributed by atoms with E-state index in [4.69, 9.17) is 4.74 Å². The van der Waals surface area contributed by atoms with Gasteiger partial charge in [0, 0.05) is 18.5 Å². The Morgan fingerprint density at radius 3 is 2.36 bits per heavy atom. The number of carbonyl (C=O) groups excluding carboxylic acids is 2. The number of rotatable bonds is 6. The molecule has 0 radical (unpaired) electrons. The zero-order valence-electron chi connectivity index (χ0n) is 21.5. The predicted molar refractivity (Wildman–Crippen MR) is 135 cm³/mol. The molecule has 1 N–H and O–H groups in total. The van der Waals surface area contributed by atoms with E-state index in [0.717, 1.165) is 36.2 Å². The first-order valence-electron chi connectivity index (χ1n) is 12.3. The number of nitrogens with zero attached hydrogens (tertiary/aromatic N) is 2. The molecule has 0 bridgehead atoms. The molecule has 0 saturated carbocycles. The van der Waals surface area contributed by atoms with Crippen LogP contribution < -0.4 is 5.32 Å². The van der Waals surface area contributed by atoms with Crippen LogP contribution in [0.15, 0.2) is 24.4 Å². The smallest absolute Gasteiger partial charge is 0.419 e. The van der Waals surface area contributed by atoms with Crippen LogP contribution in [0.4, 0.5) is 10.5 Å². The Morgan fingerprint density at radius 1 is 1.12 bits per heavy atom. The molecule has 0 unspecified atom stereocenters. The van der Waals surface area contributed by atoms with Crippen LogP contribution in [-0.2, 0) is 16.0 Å². The number of piperidine rings is 1. The number of likely N-dealkylation sites (tertiary alicyclic amines) is 1. The van der Waals surface area contributed by atoms with Crippen molar-refractivity contribution in [2.75, 3.05) is 25.0 Å². The van der Waals surface area contributed by atoms with E-state index in [0.29, 0.717) is 5.69 Å². The summed E-state index contributed by atoms with van der Waals surface area (Å²) < 4.78 is 7.05. The minimum atomic E-state index is -0.597. The van der Waals surface area contributed by atoms with Gasteiger partial charge in [0.25, 0.3) is 0 Å². The van der Waals surface area contributed by atoms with Crippen LogP contribution in [0.25, 0.3) is 10.9 Å². The van der Waals surface area contributed by atoms with Crippen molar-refractivity contribution >= 4 is 28.6 Å². The number of anilines is 1. The van der Waals surface area contributed by atoms with Gasteiger partial charge in [-0.3, -0.25) is 9.36 Å². The highest BCUT2D eigenvalue weighted by Crippen LogP contribution is 2.39. The lowest BCUT2D eigenvalue weighted by atomic mass is 9.70. The lowest BCUT2D eigenvalue weighted by molar-refractivity contribution is -0.114. The summed E-state index contributed by atoms with van der Waals surface area (Å²) in [5.41, 5.74) is 2.27. The van der Waals surface area contributed by atoms with E-state index in [1.165, 1.54) is 43.0 Å². The average molecular weight is 456 g/mol. The maximum atomic E-state index is 12.8. The van der Waals surface area contributed by atoms with Crippen LogP contribution in [0.2, 0.25) is 0 Å². The number of amides is 1. The first-order valence-corrected chi connectivity index (χ1v) is 12.3. The summed E-state index contributed by atoms with van der Waals surface area (Å²) in [6, 6.07) is 6.17. The molecule has 0 aliphatic carbocycles. The Bertz CT molecular complexity index is 992. The molecule has 2 aromatic rings. The second-order valence-electron chi connectivity index (χ2n) is 11.1. The number of aromatic nitrogens is 1. The van der Waals surface area contributed by atoms with E-state index in [9.17, 15) is 9.59 Å². The average Bonchev–Trinajstić information content (AvgIpc) is 3.08. The largest absolute Gasteiger partial charge is 0.443 e. The number of ether oxygens (including phenoxy) is 1. The van der Waals surface area contributed by atoms with Crippen molar-refractivity contribution in [3.05, 3.63) is 30.0 Å². The summed E-state index contributed by atoms with van der Waals surface area (Å²) in [6.45, 7) is 17.6. The summed E-state index contributed by atoms with van der Waals surface area (Å²) in [6.07, 6.45) is 5.83. The molecule has 1 aliphatic heterocycles. The molecule has 6 nitrogen and oxygen atoms in total. The van der Waals surface area contributed by atoms with Gasteiger partial charge < -0.3 is 15.0 Å². The van der Waals surface area contributed by atoms with E-state index in [1.54, 1.807) is 6.20 Å². The molecule has 0 atom stereocenters. The van der Waals surface area contributed by atoms with E-state index in [2.05, 4.69) is 43.1 Å². The van der Waals surface area contributed by atoms with Gasteiger partial charge in [0.15, 0.2) is 0 Å². The van der Waals surface area contributed by atoms with Crippen molar-refractivity contribution < 1.29 is 14.3 Å². The standard InChI is InChI=1S/C27H41N3O3/c1-8-29-15-12-21(13-16-29)27(6,7)14-11-20-9-10-24-22(17-20)23(28-19(2)31)18-30(24)25(32)33-26(3,4)5/h9-10,17-18,21H,8,11-16H2,1-7H3,(H,28,31). The SMILES string of the molecule is CCN1CCC(C(C)(C)CCc2ccc3c(c2)c(NC(C)=O)cn3C(=O)OC(C)(C)C)CC1. The maximum Gasteiger partial charge on any atom is 0.419 e. The number of hydrogen-bond acceptors (Lipinski definition) is 4. The Morgan fingerprint density at radius 2 is 1.79 bits per heavy atom. The van der Waals surface area contributed by atoms with Crippen molar-refractivity contribution in [3.63, 3.8) is 0 Å². The van der Waals surface area contributed by atoms with Gasteiger partial charge in [0.2, 0.25) is 5.91 Å². The summed E-state index contributed by atoms with van der Waals surface area (Å²) in [5.74, 6) is 0.579. The maximum absolute atomic E-state index is 12.8. The predicted octanol–water partition coefficient (Wildman–Crippen LogP) is 6.07. The molecule has 1 aromatic heterocycles. The summed E-state index contributed by atoms with van der Waals surface area (Å²) in [7, 11) is 0. The molecule has 1 aromatic carbocycles. The van der Waals surface area contributed by atoms with Crippen molar-refractivity contribution in [2.24, 2.45) is 11.3 Å². The molecule has 1 saturated heterocycles. The van der Waals surface area contributed by atoms with Gasteiger partial charge in [-0.15, -0.1) is 0 Å². The fourth-order valence-electron chi connectivity index (χ4n) is 4.89. The van der Waals surface area contributed by atoms with Crippen LogP contribution in [-0.4, -0.2) is 46.7 Å². The quantitative estimate of drug-likeness (QED) is 0.574. The molecule has 0 spiro atoms. The topological polar surface area (TPSA) is 63.6 Å². The number of aryl methyl sites for hydroxylation is 1. The highest BCUT2D eigenvalue weighted by atomic mass is 16.6. The van der Waals surface area contributed by atoms with Gasteiger partial charge in [-0.25, -0.2) is 4.79 Å². The fraction of sp³-hybridized carbons (Fsp3) is 0.630. The monoisotopic (exact) mass is 455 g/mol. The molecule has 1 amide bonds. The second-order valence-corrected chi connectivity index (χ2v) is 11.1. The molecule has 33 heavy (non-hydrogen) atoms. The number of nitrogens with one attached hydrogen (secondary N) is 1. The molecular weight excluding hydrogens is 414 g/mol. The highest BCUT2D eigenvalue weighted by molar-refractivity contribution is 6.04. The second kappa shape index (κ2) is 9.88. The molecule has 182 valence electrons. The van der Waals surface area contributed by atoms with Gasteiger partial charge in [0.1, 0.15) is 5.60 Å². The summed E-state index contributed by atoms with van der Waals surface area (Å²) in [5, 5.41) is 3.74. The molecule has 6 heteroatoms. The van der Waals surface area contributed by atoms with Crippen molar-refractivity contribution in [3.8, 4) is 0 Å². The highest BCUT2D eigenvalue weighted by Gasteiger charge is 2.32. The molecule has 1 aliphatic rings. The third kappa shape index (κ3) is 6.38. The van der Waals surface area contributed by atoms with E-state index < -0.39 is 11.7 Å². The zero-order valence-corrected chi connectivity index (χ0v) is 21.5. The van der Waals surface area contributed by atoms with Gasteiger partial charge in [0.05, 0.1) is 11.2 Å².